The average molecular weight is 615 g/mol. The molecule has 0 spiro atoms. The molecule has 3 aromatic carbocycles. The van der Waals surface area contributed by atoms with Crippen LogP contribution in [-0.2, 0) is 22.4 Å². The molecule has 0 radical (unpaired) electrons. The number of fused-ring (bicyclic) bond motifs is 1. The van der Waals surface area contributed by atoms with Crippen molar-refractivity contribution in [2.24, 2.45) is 16.5 Å². The summed E-state index contributed by atoms with van der Waals surface area (Å²) in [5.41, 5.74) is 13.9. The van der Waals surface area contributed by atoms with Crippen molar-refractivity contribution >= 4 is 34.6 Å². The fourth-order valence-electron chi connectivity index (χ4n) is 4.91. The Balaban J connectivity index is 1.57. The summed E-state index contributed by atoms with van der Waals surface area (Å²) in [6, 6.07) is 22.8. The molecule has 0 bridgehead atoms. The lowest BCUT2D eigenvalue weighted by molar-refractivity contribution is -0.138. The third-order valence-electron chi connectivity index (χ3n) is 7.19. The standard InChI is InChI=1S/C33H38N6O6/c34-33(35)36-16-4-7-29(31(43)37-21-30(41)42)39(17-14-23-8-10-25(40)11-9-23)32(44)28-20-24-19-26(12-13-27(24)38-28)45-18-15-22-5-2-1-3-6-22/h1-3,5-6,8-13,19-20,29,38,40H,4,7,14-18,21H2,(H,37,43)(H,41,42)(H4,34,35,36)/t29-/m1/s1. The maximum absolute atomic E-state index is 14.1. The Morgan fingerprint density at radius 3 is 2.40 bits per heavy atom. The highest BCUT2D eigenvalue weighted by molar-refractivity contribution is 6.00. The molecule has 236 valence electrons. The molecule has 8 N–H and O–H groups in total. The van der Waals surface area contributed by atoms with Crippen LogP contribution in [-0.4, -0.2) is 76.1 Å². The van der Waals surface area contributed by atoms with Crippen LogP contribution >= 0.6 is 0 Å². The van der Waals surface area contributed by atoms with Crippen LogP contribution < -0.4 is 21.5 Å². The molecule has 12 nitrogen and oxygen atoms in total. The number of nitrogens with zero attached hydrogens (tertiary/aromatic N) is 2. The van der Waals surface area contributed by atoms with Crippen molar-refractivity contribution in [2.45, 2.75) is 31.7 Å². The molecule has 0 aliphatic rings. The van der Waals surface area contributed by atoms with E-state index in [0.717, 1.165) is 17.4 Å². The van der Waals surface area contributed by atoms with Crippen LogP contribution in [0.25, 0.3) is 10.9 Å². The zero-order valence-electron chi connectivity index (χ0n) is 24.8. The zero-order chi connectivity index (χ0) is 32.2. The van der Waals surface area contributed by atoms with Crippen LogP contribution in [0.15, 0.2) is 83.9 Å². The van der Waals surface area contributed by atoms with E-state index in [0.29, 0.717) is 30.7 Å². The summed E-state index contributed by atoms with van der Waals surface area (Å²) in [5, 5.41) is 22.0. The number of phenols is 1. The number of hydrogen-bond acceptors (Lipinski definition) is 6. The predicted octanol–water partition coefficient (Wildman–Crippen LogP) is 2.80. The number of phenolic OH excluding ortho intramolecular Hbond substituents is 1. The maximum atomic E-state index is 14.1. The van der Waals surface area contributed by atoms with Gasteiger partial charge in [-0.25, -0.2) is 0 Å². The van der Waals surface area contributed by atoms with Crippen molar-refractivity contribution in [3.8, 4) is 11.5 Å². The number of guanidine groups is 1. The van der Waals surface area contributed by atoms with E-state index in [1.807, 2.05) is 48.5 Å². The highest BCUT2D eigenvalue weighted by Gasteiger charge is 2.31. The first kappa shape index (κ1) is 32.4. The van der Waals surface area contributed by atoms with Gasteiger partial charge in [-0.3, -0.25) is 19.4 Å². The molecule has 45 heavy (non-hydrogen) atoms. The van der Waals surface area contributed by atoms with Crippen molar-refractivity contribution in [3.05, 3.63) is 95.7 Å². The summed E-state index contributed by atoms with van der Waals surface area (Å²) in [5.74, 6) is -1.57. The van der Waals surface area contributed by atoms with E-state index >= 15 is 0 Å². The van der Waals surface area contributed by atoms with E-state index in [4.69, 9.17) is 21.3 Å². The number of aliphatic carboxylic acids is 1. The number of aromatic hydroxyl groups is 1. The summed E-state index contributed by atoms with van der Waals surface area (Å²) < 4.78 is 5.96. The molecule has 12 heteroatoms. The number of carboxylic acids is 1. The number of ether oxygens (including phenoxy) is 1. The van der Waals surface area contributed by atoms with Gasteiger partial charge in [0.05, 0.1) is 6.61 Å². The molecule has 0 aliphatic carbocycles. The highest BCUT2D eigenvalue weighted by atomic mass is 16.5. The van der Waals surface area contributed by atoms with Crippen molar-refractivity contribution in [3.63, 3.8) is 0 Å². The number of nitrogens with one attached hydrogen (secondary N) is 2. The Bertz CT molecular complexity index is 1620. The number of aromatic amines is 1. The van der Waals surface area contributed by atoms with Crippen molar-refractivity contribution in [1.82, 2.24) is 15.2 Å². The van der Waals surface area contributed by atoms with E-state index in [1.54, 1.807) is 30.3 Å². The predicted molar refractivity (Wildman–Crippen MR) is 171 cm³/mol. The van der Waals surface area contributed by atoms with Gasteiger partial charge in [0.25, 0.3) is 5.91 Å². The van der Waals surface area contributed by atoms with Crippen molar-refractivity contribution in [1.29, 1.82) is 0 Å². The minimum Gasteiger partial charge on any atom is -0.508 e. The first-order valence-electron chi connectivity index (χ1n) is 14.6. The Hall–Kier alpha value is -5.52. The molecule has 0 fully saturated rings. The minimum absolute atomic E-state index is 0.0939. The van der Waals surface area contributed by atoms with Crippen LogP contribution in [0.1, 0.15) is 34.5 Å². The van der Waals surface area contributed by atoms with Crippen molar-refractivity contribution in [2.75, 3.05) is 26.2 Å². The molecule has 2 amide bonds. The number of carbonyl (C=O) groups is 3. The lowest BCUT2D eigenvalue weighted by Crippen LogP contribution is -2.51. The minimum atomic E-state index is -1.21. The van der Waals surface area contributed by atoms with Crippen LogP contribution in [0, 0.1) is 0 Å². The number of hydrogen-bond donors (Lipinski definition) is 6. The van der Waals surface area contributed by atoms with Gasteiger partial charge in [-0.1, -0.05) is 42.5 Å². The van der Waals surface area contributed by atoms with Gasteiger partial charge in [0.15, 0.2) is 5.96 Å². The molecule has 0 saturated carbocycles. The normalized spacial score (nSPS) is 11.5. The molecule has 1 atom stereocenters. The Morgan fingerprint density at radius 1 is 0.956 bits per heavy atom. The number of aliphatic imine (C=N–C) groups is 1. The van der Waals surface area contributed by atoms with Gasteiger partial charge < -0.3 is 41.6 Å². The lowest BCUT2D eigenvalue weighted by Gasteiger charge is -2.31. The van der Waals surface area contributed by atoms with Crippen LogP contribution in [0.4, 0.5) is 0 Å². The number of benzene rings is 3. The molecule has 1 heterocycles. The van der Waals surface area contributed by atoms with E-state index in [2.05, 4.69) is 15.3 Å². The number of carbonyl (C=O) groups excluding carboxylic acids is 2. The second-order valence-electron chi connectivity index (χ2n) is 10.5. The second kappa shape index (κ2) is 15.8. The topological polar surface area (TPSA) is 196 Å². The molecule has 4 aromatic rings. The molecule has 4 rings (SSSR count). The van der Waals surface area contributed by atoms with Crippen LogP contribution in [0.5, 0.6) is 11.5 Å². The van der Waals surface area contributed by atoms with Gasteiger partial charge in [0.2, 0.25) is 5.91 Å². The van der Waals surface area contributed by atoms with Gasteiger partial charge >= 0.3 is 5.97 Å². The number of nitrogens with two attached hydrogens (primary N) is 2. The lowest BCUT2D eigenvalue weighted by atomic mass is 10.1. The van der Waals surface area contributed by atoms with Gasteiger partial charge in [0.1, 0.15) is 29.8 Å². The molecular weight excluding hydrogens is 576 g/mol. The maximum Gasteiger partial charge on any atom is 0.322 e. The summed E-state index contributed by atoms with van der Waals surface area (Å²) in [4.78, 5) is 47.2. The largest absolute Gasteiger partial charge is 0.508 e. The molecule has 0 saturated heterocycles. The van der Waals surface area contributed by atoms with Crippen molar-refractivity contribution < 1.29 is 29.3 Å². The molecule has 0 unspecified atom stereocenters. The third kappa shape index (κ3) is 9.75. The fourth-order valence-corrected chi connectivity index (χ4v) is 4.91. The first-order valence-corrected chi connectivity index (χ1v) is 14.6. The summed E-state index contributed by atoms with van der Waals surface area (Å²) in [6.45, 7) is 0.261. The average Bonchev–Trinajstić information content (AvgIpc) is 3.45. The monoisotopic (exact) mass is 614 g/mol. The van der Waals surface area contributed by atoms with Crippen LogP contribution in [0.3, 0.4) is 0 Å². The quantitative estimate of drug-likeness (QED) is 0.0629. The SMILES string of the molecule is NC(N)=NCCC[C@H](C(=O)NCC(=O)O)N(CCc1ccc(O)cc1)C(=O)c1cc2cc(OCCc3ccccc3)ccc2[nH]1. The number of carboxylic acid groups (broad SMARTS) is 1. The van der Waals surface area contributed by atoms with Gasteiger partial charge in [-0.15, -0.1) is 0 Å². The summed E-state index contributed by atoms with van der Waals surface area (Å²) >= 11 is 0. The molecular formula is C33H38N6O6. The fraction of sp³-hybridized carbons (Fsp3) is 0.273. The number of aromatic nitrogens is 1. The zero-order valence-corrected chi connectivity index (χ0v) is 24.8. The Labute approximate surface area is 260 Å². The Kier molecular flexibility index (Phi) is 11.4. The molecule has 0 aliphatic heterocycles. The second-order valence-corrected chi connectivity index (χ2v) is 10.5. The molecule has 1 aromatic heterocycles. The van der Waals surface area contributed by atoms with E-state index < -0.39 is 30.4 Å². The van der Waals surface area contributed by atoms with Gasteiger partial charge in [-0.2, -0.15) is 0 Å². The highest BCUT2D eigenvalue weighted by Crippen LogP contribution is 2.24. The van der Waals surface area contributed by atoms with Gasteiger partial charge in [0, 0.05) is 30.4 Å². The van der Waals surface area contributed by atoms with E-state index in [1.165, 1.54) is 10.5 Å². The summed E-state index contributed by atoms with van der Waals surface area (Å²) in [7, 11) is 0. The van der Waals surface area contributed by atoms with E-state index in [9.17, 15) is 19.5 Å². The number of rotatable bonds is 16. The third-order valence-corrected chi connectivity index (χ3v) is 7.19. The van der Waals surface area contributed by atoms with Crippen LogP contribution in [0.2, 0.25) is 0 Å². The number of H-pyrrole nitrogens is 1. The Morgan fingerprint density at radius 2 is 1.69 bits per heavy atom. The summed E-state index contributed by atoms with van der Waals surface area (Å²) in [6.07, 6.45) is 1.67. The number of amides is 2. The smallest absolute Gasteiger partial charge is 0.322 e. The van der Waals surface area contributed by atoms with E-state index in [-0.39, 0.29) is 36.9 Å². The first-order chi connectivity index (χ1) is 21.7. The van der Waals surface area contributed by atoms with Gasteiger partial charge in [-0.05, 0) is 66.8 Å².